The van der Waals surface area contributed by atoms with E-state index in [4.69, 9.17) is 14.7 Å². The van der Waals surface area contributed by atoms with Gasteiger partial charge in [0.1, 0.15) is 5.75 Å². The quantitative estimate of drug-likeness (QED) is 0.387. The largest absolute Gasteiger partial charge is 0.491 e. The van der Waals surface area contributed by atoms with E-state index in [-0.39, 0.29) is 37.1 Å². The summed E-state index contributed by atoms with van der Waals surface area (Å²) in [5.74, 6) is -0.361. The van der Waals surface area contributed by atoms with E-state index in [9.17, 15) is 13.2 Å². The fourth-order valence-electron chi connectivity index (χ4n) is 3.24. The molecule has 0 bridgehead atoms. The number of nitrogens with one attached hydrogen (secondary N) is 1. The molecule has 0 spiro atoms. The molecule has 1 aromatic rings. The lowest BCUT2D eigenvalue weighted by molar-refractivity contribution is -0.134. The van der Waals surface area contributed by atoms with Gasteiger partial charge in [-0.05, 0) is 70.7 Å². The van der Waals surface area contributed by atoms with E-state index in [1.807, 2.05) is 20.8 Å². The van der Waals surface area contributed by atoms with Gasteiger partial charge >= 0.3 is 0 Å². The molecule has 1 unspecified atom stereocenters. The zero-order valence-electron chi connectivity index (χ0n) is 16.6. The van der Waals surface area contributed by atoms with E-state index in [1.54, 1.807) is 12.1 Å². The summed E-state index contributed by atoms with van der Waals surface area (Å²) in [6.07, 6.45) is 3.87. The summed E-state index contributed by atoms with van der Waals surface area (Å²) in [5, 5.41) is 9.08. The molecular weight excluding hydrogens is 382 g/mol. The van der Waals surface area contributed by atoms with Crippen molar-refractivity contribution < 1.29 is 27.9 Å². The number of benzene rings is 1. The molecule has 28 heavy (non-hydrogen) atoms. The van der Waals surface area contributed by atoms with Gasteiger partial charge in [-0.1, -0.05) is 11.6 Å². The van der Waals surface area contributed by atoms with Gasteiger partial charge in [-0.15, -0.1) is 0 Å². The zero-order valence-corrected chi connectivity index (χ0v) is 17.4. The van der Waals surface area contributed by atoms with Crippen LogP contribution >= 0.6 is 0 Å². The van der Waals surface area contributed by atoms with E-state index in [0.717, 1.165) is 12.8 Å². The maximum absolute atomic E-state index is 13.2. The fraction of sp³-hybridized carbons (Fsp3) is 0.550. The first-order valence-corrected chi connectivity index (χ1v) is 10.9. The molecule has 0 aliphatic carbocycles. The summed E-state index contributed by atoms with van der Waals surface area (Å²) in [6.45, 7) is 6.33. The Morgan fingerprint density at radius 2 is 1.89 bits per heavy atom. The van der Waals surface area contributed by atoms with Crippen molar-refractivity contribution in [2.75, 3.05) is 13.2 Å². The minimum atomic E-state index is -4.02. The van der Waals surface area contributed by atoms with Gasteiger partial charge in [0.2, 0.25) is 0 Å². The first kappa shape index (κ1) is 22.4. The second-order valence-electron chi connectivity index (χ2n) is 7.31. The summed E-state index contributed by atoms with van der Waals surface area (Å²) in [5.41, 5.74) is 2.77. The van der Waals surface area contributed by atoms with Gasteiger partial charge in [-0.2, -0.15) is 0 Å². The number of ether oxygens (including phenoxy) is 2. The van der Waals surface area contributed by atoms with Crippen LogP contribution in [0.4, 0.5) is 0 Å². The number of allylic oxidation sites excluding steroid dienone is 2. The Kier molecular flexibility index (Phi) is 7.63. The first-order chi connectivity index (χ1) is 13.2. The number of hydrogen-bond donors (Lipinski definition) is 2. The summed E-state index contributed by atoms with van der Waals surface area (Å²) >= 11 is 0. The van der Waals surface area contributed by atoms with Crippen LogP contribution in [-0.4, -0.2) is 43.6 Å². The van der Waals surface area contributed by atoms with E-state index < -0.39 is 20.5 Å². The van der Waals surface area contributed by atoms with Crippen LogP contribution in [0.15, 0.2) is 40.8 Å². The van der Waals surface area contributed by atoms with Crippen LogP contribution in [0, 0.1) is 0 Å². The number of rotatable bonds is 8. The normalized spacial score (nSPS) is 17.4. The van der Waals surface area contributed by atoms with Crippen molar-refractivity contribution in [1.29, 1.82) is 0 Å². The Morgan fingerprint density at radius 1 is 1.29 bits per heavy atom. The number of hydrogen-bond acceptors (Lipinski definition) is 6. The summed E-state index contributed by atoms with van der Waals surface area (Å²) in [4.78, 5) is 12.3. The molecule has 0 radical (unpaired) electrons. The number of carbonyl (C=O) groups is 1. The maximum Gasteiger partial charge on any atom is 0.265 e. The average Bonchev–Trinajstić information content (AvgIpc) is 2.67. The monoisotopic (exact) mass is 411 g/mol. The van der Waals surface area contributed by atoms with Gasteiger partial charge in [0.05, 0.1) is 11.0 Å². The molecular formula is C20H29NO6S. The van der Waals surface area contributed by atoms with Crippen LogP contribution in [-0.2, 0) is 19.4 Å². The van der Waals surface area contributed by atoms with Crippen LogP contribution in [0.3, 0.4) is 0 Å². The Bertz CT molecular complexity index is 790. The second kappa shape index (κ2) is 9.54. The van der Waals surface area contributed by atoms with Gasteiger partial charge in [-0.25, -0.2) is 13.9 Å². The van der Waals surface area contributed by atoms with Crippen LogP contribution in [0.5, 0.6) is 5.75 Å². The lowest BCUT2D eigenvalue weighted by Gasteiger charge is -2.34. The van der Waals surface area contributed by atoms with Gasteiger partial charge in [0, 0.05) is 13.2 Å². The van der Waals surface area contributed by atoms with Gasteiger partial charge < -0.3 is 9.47 Å². The van der Waals surface area contributed by atoms with E-state index >= 15 is 0 Å². The standard InChI is InChI=1S/C20H29NO6S/c1-15(2)5-4-6-16(3)27-17-7-9-18(10-8-17)28(24,25)20(19(22)21-23)11-13-26-14-12-20/h5,7-10,16,23H,4,6,11-14H2,1-3H3,(H,21,22). The molecule has 2 rings (SSSR count). The molecule has 1 aromatic carbocycles. The van der Waals surface area contributed by atoms with Crippen molar-refractivity contribution in [3.05, 3.63) is 35.9 Å². The Labute approximate surface area is 166 Å². The highest BCUT2D eigenvalue weighted by Crippen LogP contribution is 2.35. The summed E-state index contributed by atoms with van der Waals surface area (Å²) < 4.78 is 35.7. The Morgan fingerprint density at radius 3 is 2.43 bits per heavy atom. The average molecular weight is 412 g/mol. The SMILES string of the molecule is CC(C)=CCCC(C)Oc1ccc(S(=O)(=O)C2(C(=O)NO)CCOCC2)cc1. The van der Waals surface area contributed by atoms with Crippen LogP contribution in [0.25, 0.3) is 0 Å². The van der Waals surface area contributed by atoms with Crippen molar-refractivity contribution in [3.8, 4) is 5.75 Å². The van der Waals surface area contributed by atoms with Crippen LogP contribution in [0.2, 0.25) is 0 Å². The van der Waals surface area contributed by atoms with E-state index in [0.29, 0.717) is 5.75 Å². The molecule has 156 valence electrons. The Hall–Kier alpha value is -1.90. The summed E-state index contributed by atoms with van der Waals surface area (Å²) in [6, 6.07) is 6.06. The number of carbonyl (C=O) groups excluding carboxylic acids is 1. The van der Waals surface area contributed by atoms with Crippen molar-refractivity contribution in [2.24, 2.45) is 0 Å². The first-order valence-electron chi connectivity index (χ1n) is 9.40. The highest BCUT2D eigenvalue weighted by Gasteiger charge is 2.52. The van der Waals surface area contributed by atoms with Crippen LogP contribution in [0.1, 0.15) is 46.5 Å². The molecule has 7 nitrogen and oxygen atoms in total. The third-order valence-corrected chi connectivity index (χ3v) is 7.44. The van der Waals surface area contributed by atoms with Gasteiger partial charge in [0.25, 0.3) is 5.91 Å². The smallest absolute Gasteiger partial charge is 0.265 e. The molecule has 0 aromatic heterocycles. The fourth-order valence-corrected chi connectivity index (χ4v) is 5.18. The molecule has 1 saturated heterocycles. The molecule has 1 aliphatic rings. The minimum Gasteiger partial charge on any atom is -0.491 e. The molecule has 1 aliphatic heterocycles. The van der Waals surface area contributed by atoms with E-state index in [1.165, 1.54) is 23.2 Å². The minimum absolute atomic E-state index is 0.0125. The Balaban J connectivity index is 2.16. The topological polar surface area (TPSA) is 102 Å². The van der Waals surface area contributed by atoms with Gasteiger partial charge in [-0.3, -0.25) is 10.0 Å². The highest BCUT2D eigenvalue weighted by molar-refractivity contribution is 7.93. The molecule has 1 atom stereocenters. The van der Waals surface area contributed by atoms with Crippen molar-refractivity contribution >= 4 is 15.7 Å². The lowest BCUT2D eigenvalue weighted by Crippen LogP contribution is -2.54. The lowest BCUT2D eigenvalue weighted by atomic mass is 9.98. The number of amides is 1. The third kappa shape index (κ3) is 4.92. The predicted molar refractivity (Wildman–Crippen MR) is 105 cm³/mol. The van der Waals surface area contributed by atoms with Crippen molar-refractivity contribution in [3.63, 3.8) is 0 Å². The van der Waals surface area contributed by atoms with Gasteiger partial charge in [0.15, 0.2) is 14.6 Å². The number of sulfone groups is 1. The highest BCUT2D eigenvalue weighted by atomic mass is 32.2. The van der Waals surface area contributed by atoms with Crippen molar-refractivity contribution in [1.82, 2.24) is 5.48 Å². The molecule has 2 N–H and O–H groups in total. The summed E-state index contributed by atoms with van der Waals surface area (Å²) in [7, 11) is -4.02. The maximum atomic E-state index is 13.2. The molecule has 1 amide bonds. The van der Waals surface area contributed by atoms with E-state index in [2.05, 4.69) is 6.08 Å². The molecule has 0 saturated carbocycles. The number of hydroxylamine groups is 1. The zero-order chi connectivity index (χ0) is 20.8. The third-order valence-electron chi connectivity index (χ3n) is 4.93. The second-order valence-corrected chi connectivity index (χ2v) is 9.57. The van der Waals surface area contributed by atoms with Crippen molar-refractivity contribution in [2.45, 2.75) is 62.2 Å². The molecule has 8 heteroatoms. The molecule has 1 fully saturated rings. The predicted octanol–water partition coefficient (Wildman–Crippen LogP) is 3.03. The van der Waals surface area contributed by atoms with Crippen LogP contribution < -0.4 is 10.2 Å². The molecule has 1 heterocycles.